The van der Waals surface area contributed by atoms with Crippen LogP contribution < -0.4 is 0 Å². The molecule has 1 saturated heterocycles. The van der Waals surface area contributed by atoms with Crippen molar-refractivity contribution in [3.05, 3.63) is 65.0 Å². The number of likely N-dealkylation sites (tertiary alicyclic amines) is 1. The molecule has 0 spiro atoms. The van der Waals surface area contributed by atoms with Gasteiger partial charge in [-0.25, -0.2) is 8.78 Å². The lowest BCUT2D eigenvalue weighted by molar-refractivity contribution is -0.131. The summed E-state index contributed by atoms with van der Waals surface area (Å²) in [4.78, 5) is 18.3. The Hall–Kier alpha value is -2.34. The third-order valence-corrected chi connectivity index (χ3v) is 4.26. The molecule has 1 aromatic heterocycles. The van der Waals surface area contributed by atoms with E-state index in [1.165, 1.54) is 11.0 Å². The van der Waals surface area contributed by atoms with Crippen LogP contribution in [-0.4, -0.2) is 33.5 Å². The average Bonchev–Trinajstić information content (AvgIpc) is 2.94. The molecule has 2 heterocycles. The Morgan fingerprint density at radius 2 is 2.08 bits per heavy atom. The van der Waals surface area contributed by atoms with Gasteiger partial charge in [-0.3, -0.25) is 9.78 Å². The summed E-state index contributed by atoms with van der Waals surface area (Å²) in [6, 6.07) is 6.79. The van der Waals surface area contributed by atoms with E-state index in [9.17, 15) is 18.7 Å². The van der Waals surface area contributed by atoms with Crippen LogP contribution in [0.5, 0.6) is 0 Å². The first kappa shape index (κ1) is 16.5. The Morgan fingerprint density at radius 3 is 2.75 bits per heavy atom. The van der Waals surface area contributed by atoms with Crippen LogP contribution in [0.1, 0.15) is 29.3 Å². The summed E-state index contributed by atoms with van der Waals surface area (Å²) < 4.78 is 26.6. The monoisotopic (exact) mass is 332 g/mol. The molecule has 1 aliphatic heterocycles. The van der Waals surface area contributed by atoms with Crippen molar-refractivity contribution in [3.63, 3.8) is 0 Å². The van der Waals surface area contributed by atoms with Crippen LogP contribution in [0.25, 0.3) is 0 Å². The van der Waals surface area contributed by atoms with E-state index in [0.29, 0.717) is 12.0 Å². The molecule has 0 aliphatic carbocycles. The van der Waals surface area contributed by atoms with E-state index in [4.69, 9.17) is 0 Å². The second-order valence-corrected chi connectivity index (χ2v) is 6.11. The summed E-state index contributed by atoms with van der Waals surface area (Å²) in [5.41, 5.74) is 2.12. The molecule has 126 valence electrons. The summed E-state index contributed by atoms with van der Waals surface area (Å²) in [6.07, 6.45) is 1.43. The number of hydrogen-bond donors (Lipinski definition) is 1. The van der Waals surface area contributed by atoms with Crippen LogP contribution >= 0.6 is 0 Å². The average molecular weight is 332 g/mol. The zero-order valence-electron chi connectivity index (χ0n) is 13.2. The van der Waals surface area contributed by atoms with Crippen LogP contribution in [0, 0.1) is 18.6 Å². The number of rotatable bonds is 3. The number of hydrogen-bond acceptors (Lipinski definition) is 3. The van der Waals surface area contributed by atoms with Gasteiger partial charge in [-0.05, 0) is 42.7 Å². The van der Waals surface area contributed by atoms with Gasteiger partial charge in [0.2, 0.25) is 5.91 Å². The lowest BCUT2D eigenvalue weighted by Crippen LogP contribution is -2.33. The molecule has 24 heavy (non-hydrogen) atoms. The number of aliphatic hydroxyl groups excluding tert-OH is 1. The zero-order valence-corrected chi connectivity index (χ0v) is 13.2. The van der Waals surface area contributed by atoms with Crippen molar-refractivity contribution in [3.8, 4) is 0 Å². The summed E-state index contributed by atoms with van der Waals surface area (Å²) in [7, 11) is 0. The normalized spacial score (nSPS) is 20.4. The van der Waals surface area contributed by atoms with Crippen molar-refractivity contribution in [2.24, 2.45) is 0 Å². The number of halogens is 2. The topological polar surface area (TPSA) is 53.4 Å². The number of β-amino-alcohol motifs (C(OH)–C–C–N with tert-alkyl or cyclic N) is 1. The number of carbonyl (C=O) groups is 1. The summed E-state index contributed by atoms with van der Waals surface area (Å²) in [5.74, 6) is -2.06. The smallest absolute Gasteiger partial charge is 0.227 e. The highest BCUT2D eigenvalue weighted by Gasteiger charge is 2.35. The second kappa shape index (κ2) is 6.65. The van der Waals surface area contributed by atoms with Gasteiger partial charge in [0.25, 0.3) is 0 Å². The van der Waals surface area contributed by atoms with Gasteiger partial charge in [0.1, 0.15) is 0 Å². The van der Waals surface area contributed by atoms with Gasteiger partial charge in [0, 0.05) is 18.4 Å². The minimum Gasteiger partial charge on any atom is -0.391 e. The first-order valence-electron chi connectivity index (χ1n) is 7.78. The van der Waals surface area contributed by atoms with E-state index in [2.05, 4.69) is 4.98 Å². The van der Waals surface area contributed by atoms with Crippen LogP contribution in [0.4, 0.5) is 8.78 Å². The fourth-order valence-electron chi connectivity index (χ4n) is 3.00. The molecule has 3 rings (SSSR count). The van der Waals surface area contributed by atoms with Crippen LogP contribution in [0.15, 0.2) is 36.5 Å². The quantitative estimate of drug-likeness (QED) is 0.940. The van der Waals surface area contributed by atoms with Crippen molar-refractivity contribution in [2.75, 3.05) is 6.54 Å². The molecule has 1 fully saturated rings. The molecule has 2 atom stereocenters. The van der Waals surface area contributed by atoms with Crippen molar-refractivity contribution >= 4 is 5.91 Å². The van der Waals surface area contributed by atoms with E-state index in [1.54, 1.807) is 6.20 Å². The molecular formula is C18H18F2N2O2. The highest BCUT2D eigenvalue weighted by atomic mass is 19.2. The summed E-state index contributed by atoms with van der Waals surface area (Å²) in [5, 5.41) is 9.93. The van der Waals surface area contributed by atoms with Crippen molar-refractivity contribution in [1.82, 2.24) is 9.88 Å². The fourth-order valence-corrected chi connectivity index (χ4v) is 3.00. The first-order chi connectivity index (χ1) is 11.4. The maximum absolute atomic E-state index is 13.5. The summed E-state index contributed by atoms with van der Waals surface area (Å²) >= 11 is 0. The molecule has 0 saturated carbocycles. The Kier molecular flexibility index (Phi) is 4.57. The predicted molar refractivity (Wildman–Crippen MR) is 84.1 cm³/mol. The van der Waals surface area contributed by atoms with E-state index < -0.39 is 23.8 Å². The maximum atomic E-state index is 13.5. The highest BCUT2D eigenvalue weighted by Crippen LogP contribution is 2.33. The fraction of sp³-hybridized carbons (Fsp3) is 0.333. The minimum absolute atomic E-state index is 0.153. The van der Waals surface area contributed by atoms with Gasteiger partial charge >= 0.3 is 0 Å². The largest absolute Gasteiger partial charge is 0.391 e. The van der Waals surface area contributed by atoms with Crippen LogP contribution in [0.2, 0.25) is 0 Å². The number of aryl methyl sites for hydroxylation is 1. The van der Waals surface area contributed by atoms with Gasteiger partial charge in [0.05, 0.1) is 18.6 Å². The Balaban J connectivity index is 1.80. The lowest BCUT2D eigenvalue weighted by atomic mass is 10.0. The number of aromatic nitrogens is 1. The van der Waals surface area contributed by atoms with Crippen LogP contribution in [-0.2, 0) is 11.2 Å². The van der Waals surface area contributed by atoms with Crippen molar-refractivity contribution < 1.29 is 18.7 Å². The Morgan fingerprint density at radius 1 is 1.29 bits per heavy atom. The number of carbonyl (C=O) groups excluding carboxylic acids is 1. The molecule has 1 N–H and O–H groups in total. The molecule has 0 bridgehead atoms. The molecule has 4 nitrogen and oxygen atoms in total. The lowest BCUT2D eigenvalue weighted by Gasteiger charge is -2.25. The number of amides is 1. The predicted octanol–water partition coefficient (Wildman–Crippen LogP) is 2.55. The van der Waals surface area contributed by atoms with Crippen molar-refractivity contribution in [2.45, 2.75) is 31.9 Å². The van der Waals surface area contributed by atoms with Gasteiger partial charge in [0.15, 0.2) is 11.6 Å². The standard InChI is InChI=1S/C18H18F2N2O2/c1-11-2-3-12(9-21-11)6-18(24)22-10-14(23)8-17(22)13-4-5-15(19)16(20)7-13/h2-5,7,9,14,17,23H,6,8,10H2,1H3/t14-,17+/m1/s1. The molecule has 0 radical (unpaired) electrons. The van der Waals surface area contributed by atoms with Gasteiger partial charge in [-0.2, -0.15) is 0 Å². The SMILES string of the molecule is Cc1ccc(CC(=O)N2C[C@H](O)C[C@H]2c2ccc(F)c(F)c2)cn1. The number of benzene rings is 1. The number of pyridine rings is 1. The summed E-state index contributed by atoms with van der Waals surface area (Å²) in [6.45, 7) is 2.04. The number of nitrogens with zero attached hydrogens (tertiary/aromatic N) is 2. The van der Waals surface area contributed by atoms with Crippen molar-refractivity contribution in [1.29, 1.82) is 0 Å². The van der Waals surface area contributed by atoms with Gasteiger partial charge in [-0.15, -0.1) is 0 Å². The molecule has 0 unspecified atom stereocenters. The molecule has 1 aliphatic rings. The molecule has 1 amide bonds. The minimum atomic E-state index is -0.955. The Labute approximate surface area is 138 Å². The highest BCUT2D eigenvalue weighted by molar-refractivity contribution is 5.79. The van der Waals surface area contributed by atoms with E-state index >= 15 is 0 Å². The van der Waals surface area contributed by atoms with Gasteiger partial charge < -0.3 is 10.0 Å². The van der Waals surface area contributed by atoms with E-state index in [0.717, 1.165) is 23.4 Å². The van der Waals surface area contributed by atoms with Gasteiger partial charge in [-0.1, -0.05) is 12.1 Å². The number of aliphatic hydroxyl groups is 1. The first-order valence-corrected chi connectivity index (χ1v) is 7.78. The second-order valence-electron chi connectivity index (χ2n) is 6.11. The molecule has 2 aromatic rings. The third-order valence-electron chi connectivity index (χ3n) is 4.26. The molecular weight excluding hydrogens is 314 g/mol. The van der Waals surface area contributed by atoms with Crippen LogP contribution in [0.3, 0.4) is 0 Å². The molecule has 6 heteroatoms. The Bertz CT molecular complexity index is 749. The van der Waals surface area contributed by atoms with E-state index in [-0.39, 0.29) is 18.9 Å². The van der Waals surface area contributed by atoms with E-state index in [1.807, 2.05) is 19.1 Å². The zero-order chi connectivity index (χ0) is 17.3. The molecule has 1 aromatic carbocycles. The third kappa shape index (κ3) is 3.43. The maximum Gasteiger partial charge on any atom is 0.227 e.